The number of hydrogen-bond donors (Lipinski definition) is 6. The number of fused-ring (bicyclic) bond motifs is 3. The first-order valence-corrected chi connectivity index (χ1v) is 11.1. The Balaban J connectivity index is 1.76. The van der Waals surface area contributed by atoms with Crippen molar-refractivity contribution in [3.63, 3.8) is 0 Å². The monoisotopic (exact) mass is 477 g/mol. The van der Waals surface area contributed by atoms with Crippen LogP contribution in [0.1, 0.15) is 33.8 Å². The third-order valence-corrected chi connectivity index (χ3v) is 7.47. The molecule has 180 valence electrons. The third kappa shape index (κ3) is 3.05. The number of aliphatic hydroxyl groups excluding tert-OH is 3. The zero-order valence-electron chi connectivity index (χ0n) is 18.4. The first-order valence-electron chi connectivity index (χ1n) is 11.1. The average molecular weight is 477 g/mol. The van der Waals surface area contributed by atoms with Gasteiger partial charge in [0.15, 0.2) is 11.4 Å². The number of ketones is 2. The number of carbonyl (C=O) groups excluding carboxylic acids is 3. The van der Waals surface area contributed by atoms with Crippen LogP contribution in [0.3, 0.4) is 0 Å². The van der Waals surface area contributed by atoms with Gasteiger partial charge in [-0.05, 0) is 29.5 Å². The summed E-state index contributed by atoms with van der Waals surface area (Å²) < 4.78 is 0. The molecule has 9 heteroatoms. The largest absolute Gasteiger partial charge is 0.511 e. The molecule has 2 aromatic rings. The second-order valence-electron chi connectivity index (χ2n) is 9.24. The summed E-state index contributed by atoms with van der Waals surface area (Å²) in [6, 6.07) is 13.7. The van der Waals surface area contributed by atoms with Crippen molar-refractivity contribution in [3.8, 4) is 5.75 Å². The standard InChI is InChI=1S/C26H23NO8/c27-25(34)19-16(29)10-14-21(30)18-13(9-11-5-2-1-3-6-11)12-7-4-8-15(28)17(12)22(31)20(18)24(33)26(14,35)23(19)32/h1-8,13-14,18,21,28-30,33,35H,9-10H2,(H2,27,34)/t13?,14-,18-,21-,26-/m1/s1. The van der Waals surface area contributed by atoms with Crippen LogP contribution >= 0.6 is 0 Å². The number of primary amides is 1. The van der Waals surface area contributed by atoms with Gasteiger partial charge in [0, 0.05) is 23.8 Å². The minimum Gasteiger partial charge on any atom is -0.511 e. The van der Waals surface area contributed by atoms with Crippen LogP contribution in [0, 0.1) is 11.8 Å². The Labute approximate surface area is 199 Å². The van der Waals surface area contributed by atoms with Crippen LogP contribution in [0.4, 0.5) is 0 Å². The van der Waals surface area contributed by atoms with Gasteiger partial charge in [-0.2, -0.15) is 0 Å². The molecule has 0 radical (unpaired) electrons. The number of aromatic hydroxyl groups is 1. The topological polar surface area (TPSA) is 178 Å². The van der Waals surface area contributed by atoms with E-state index in [2.05, 4.69) is 0 Å². The van der Waals surface area contributed by atoms with E-state index in [0.29, 0.717) is 12.0 Å². The van der Waals surface area contributed by atoms with Crippen molar-refractivity contribution in [1.82, 2.24) is 0 Å². The Hall–Kier alpha value is -3.95. The lowest BCUT2D eigenvalue weighted by atomic mass is 9.55. The number of Topliss-reactive ketones (excluding diaryl/α,β-unsaturated/α-hetero) is 2. The highest BCUT2D eigenvalue weighted by Crippen LogP contribution is 2.55. The molecule has 1 amide bonds. The Morgan fingerprint density at radius 3 is 2.37 bits per heavy atom. The maximum atomic E-state index is 13.6. The Morgan fingerprint density at radius 1 is 1.03 bits per heavy atom. The van der Waals surface area contributed by atoms with E-state index >= 15 is 0 Å². The van der Waals surface area contributed by atoms with Crippen molar-refractivity contribution in [3.05, 3.63) is 87.9 Å². The number of carbonyl (C=O) groups is 3. The Kier molecular flexibility index (Phi) is 5.08. The molecule has 0 aromatic heterocycles. The lowest BCUT2D eigenvalue weighted by molar-refractivity contribution is -0.154. The van der Waals surface area contributed by atoms with E-state index in [9.17, 15) is 39.9 Å². The lowest BCUT2D eigenvalue weighted by Gasteiger charge is -2.50. The number of allylic oxidation sites excluding steroid dienone is 1. The molecule has 0 saturated heterocycles. The van der Waals surface area contributed by atoms with E-state index in [1.165, 1.54) is 6.07 Å². The summed E-state index contributed by atoms with van der Waals surface area (Å²) in [4.78, 5) is 38.5. The summed E-state index contributed by atoms with van der Waals surface area (Å²) in [6.45, 7) is 0. The maximum absolute atomic E-state index is 13.6. The van der Waals surface area contributed by atoms with Gasteiger partial charge >= 0.3 is 0 Å². The van der Waals surface area contributed by atoms with Gasteiger partial charge in [-0.3, -0.25) is 14.4 Å². The second kappa shape index (κ2) is 7.79. The van der Waals surface area contributed by atoms with Crippen LogP contribution < -0.4 is 5.73 Å². The zero-order valence-corrected chi connectivity index (χ0v) is 18.4. The smallest absolute Gasteiger partial charge is 0.255 e. The fourth-order valence-electron chi connectivity index (χ4n) is 5.88. The van der Waals surface area contributed by atoms with Gasteiger partial charge in [0.25, 0.3) is 5.91 Å². The number of rotatable bonds is 3. The van der Waals surface area contributed by atoms with Gasteiger partial charge in [0.05, 0.1) is 11.7 Å². The molecule has 0 heterocycles. The molecule has 1 unspecified atom stereocenters. The predicted molar refractivity (Wildman–Crippen MR) is 121 cm³/mol. The van der Waals surface area contributed by atoms with E-state index < -0.39 is 76.0 Å². The van der Waals surface area contributed by atoms with Crippen LogP contribution in [0.15, 0.2) is 71.2 Å². The van der Waals surface area contributed by atoms with E-state index in [0.717, 1.165) is 5.56 Å². The molecule has 0 bridgehead atoms. The first kappa shape index (κ1) is 22.8. The van der Waals surface area contributed by atoms with Crippen molar-refractivity contribution in [2.45, 2.75) is 30.5 Å². The van der Waals surface area contributed by atoms with E-state index in [4.69, 9.17) is 5.73 Å². The average Bonchev–Trinajstić information content (AvgIpc) is 2.81. The molecule has 0 aliphatic heterocycles. The second-order valence-corrected chi connectivity index (χ2v) is 9.24. The van der Waals surface area contributed by atoms with Gasteiger partial charge in [-0.25, -0.2) is 0 Å². The molecule has 7 N–H and O–H groups in total. The highest BCUT2D eigenvalue weighted by Gasteiger charge is 2.64. The summed E-state index contributed by atoms with van der Waals surface area (Å²) in [7, 11) is 0. The van der Waals surface area contributed by atoms with Crippen molar-refractivity contribution < 1.29 is 39.9 Å². The number of phenolic OH excluding ortho intramolecular Hbond substituents is 1. The van der Waals surface area contributed by atoms with Crippen molar-refractivity contribution in [2.24, 2.45) is 17.6 Å². The molecule has 0 fully saturated rings. The maximum Gasteiger partial charge on any atom is 0.255 e. The van der Waals surface area contributed by atoms with Gasteiger partial charge in [-0.1, -0.05) is 42.5 Å². The fourth-order valence-corrected chi connectivity index (χ4v) is 5.88. The number of aliphatic hydroxyl groups is 4. The summed E-state index contributed by atoms with van der Waals surface area (Å²) in [5, 5.41) is 55.0. The van der Waals surface area contributed by atoms with Crippen molar-refractivity contribution in [1.29, 1.82) is 0 Å². The predicted octanol–water partition coefficient (Wildman–Crippen LogP) is 1.34. The molecular weight excluding hydrogens is 454 g/mol. The highest BCUT2D eigenvalue weighted by molar-refractivity contribution is 6.24. The Bertz CT molecular complexity index is 1340. The van der Waals surface area contributed by atoms with E-state index in [1.54, 1.807) is 12.1 Å². The quantitative estimate of drug-likeness (QED) is 0.358. The zero-order chi connectivity index (χ0) is 25.2. The van der Waals surface area contributed by atoms with Crippen LogP contribution in [0.25, 0.3) is 0 Å². The minimum atomic E-state index is -2.85. The van der Waals surface area contributed by atoms with Crippen molar-refractivity contribution >= 4 is 17.5 Å². The van der Waals surface area contributed by atoms with Gasteiger partial charge < -0.3 is 31.3 Å². The number of amides is 1. The molecule has 0 saturated carbocycles. The molecule has 5 rings (SSSR count). The van der Waals surface area contributed by atoms with Gasteiger partial charge in [0.1, 0.15) is 22.8 Å². The number of hydrogen-bond acceptors (Lipinski definition) is 8. The highest BCUT2D eigenvalue weighted by atomic mass is 16.4. The molecule has 3 aliphatic carbocycles. The molecule has 35 heavy (non-hydrogen) atoms. The summed E-state index contributed by atoms with van der Waals surface area (Å²) in [5.74, 6) is -8.76. The molecule has 3 aliphatic rings. The lowest BCUT2D eigenvalue weighted by Crippen LogP contribution is -2.62. The van der Waals surface area contributed by atoms with E-state index in [-0.39, 0.29) is 11.3 Å². The number of nitrogens with two attached hydrogens (primary N) is 1. The van der Waals surface area contributed by atoms with Crippen LogP contribution in [0.5, 0.6) is 5.75 Å². The minimum absolute atomic E-state index is 0.0998. The summed E-state index contributed by atoms with van der Waals surface area (Å²) in [5.41, 5.74) is 2.25. The molecule has 9 nitrogen and oxygen atoms in total. The van der Waals surface area contributed by atoms with Gasteiger partial charge in [0.2, 0.25) is 5.78 Å². The normalized spacial score (nSPS) is 30.0. The van der Waals surface area contributed by atoms with Crippen LogP contribution in [-0.4, -0.2) is 54.7 Å². The van der Waals surface area contributed by atoms with E-state index in [1.807, 2.05) is 30.3 Å². The Morgan fingerprint density at radius 2 is 1.71 bits per heavy atom. The van der Waals surface area contributed by atoms with Crippen LogP contribution in [0.2, 0.25) is 0 Å². The SMILES string of the molecule is NC(=O)C1=C(O)C[C@@H]2[C@@H](O)[C@H]3C(=C(O)[C@]2(O)C1=O)C(=O)c1c(O)cccc1C3Cc1ccccc1. The van der Waals surface area contributed by atoms with Crippen LogP contribution in [-0.2, 0) is 16.0 Å². The molecule has 5 atom stereocenters. The molecular formula is C26H23NO8. The van der Waals surface area contributed by atoms with Gasteiger partial charge in [-0.15, -0.1) is 0 Å². The summed E-state index contributed by atoms with van der Waals surface area (Å²) >= 11 is 0. The first-order chi connectivity index (χ1) is 16.6. The fraction of sp³-hybridized carbons (Fsp3) is 0.269. The van der Waals surface area contributed by atoms with Crippen molar-refractivity contribution in [2.75, 3.05) is 0 Å². The number of benzene rings is 2. The summed E-state index contributed by atoms with van der Waals surface area (Å²) in [6.07, 6.45) is -1.79. The third-order valence-electron chi connectivity index (χ3n) is 7.47. The molecule has 0 spiro atoms. The molecule has 2 aromatic carbocycles. The number of phenols is 1.